The van der Waals surface area contributed by atoms with Gasteiger partial charge in [-0.15, -0.1) is 11.3 Å². The van der Waals surface area contributed by atoms with Gasteiger partial charge in [0.1, 0.15) is 12.4 Å². The van der Waals surface area contributed by atoms with Gasteiger partial charge in [0.15, 0.2) is 0 Å². The molecular weight excluding hydrogens is 444 g/mol. The molecule has 1 amide bonds. The highest BCUT2D eigenvalue weighted by molar-refractivity contribution is 7.10. The highest BCUT2D eigenvalue weighted by Crippen LogP contribution is 2.34. The van der Waals surface area contributed by atoms with Gasteiger partial charge in [-0.3, -0.25) is 9.69 Å². The molecule has 0 aliphatic carbocycles. The minimum atomic E-state index is -0.623. The summed E-state index contributed by atoms with van der Waals surface area (Å²) < 4.78 is 6.25. The highest BCUT2D eigenvalue weighted by atomic mass is 32.1. The van der Waals surface area contributed by atoms with Crippen LogP contribution in [-0.4, -0.2) is 53.6 Å². The minimum absolute atomic E-state index is 0.0770. The van der Waals surface area contributed by atoms with Gasteiger partial charge in [0.25, 0.3) is 0 Å². The van der Waals surface area contributed by atoms with Gasteiger partial charge < -0.3 is 14.7 Å². The summed E-state index contributed by atoms with van der Waals surface area (Å²) in [5, 5.41) is 12.8. The van der Waals surface area contributed by atoms with Gasteiger partial charge in [0, 0.05) is 18.0 Å². The number of amides is 1. The van der Waals surface area contributed by atoms with Crippen LogP contribution in [0.1, 0.15) is 46.2 Å². The quantitative estimate of drug-likeness (QED) is 0.474. The number of hydrogen-bond donors (Lipinski definition) is 1. The van der Waals surface area contributed by atoms with Crippen molar-refractivity contribution in [1.82, 2.24) is 9.80 Å². The van der Waals surface area contributed by atoms with Crippen LogP contribution in [0.25, 0.3) is 0 Å². The summed E-state index contributed by atoms with van der Waals surface area (Å²) in [7, 11) is 0. The number of thiophene rings is 1. The molecule has 2 aromatic carbocycles. The van der Waals surface area contributed by atoms with Gasteiger partial charge in [-0.1, -0.05) is 55.0 Å². The molecule has 4 rings (SSSR count). The molecule has 2 unspecified atom stereocenters. The Bertz CT molecular complexity index is 1100. The van der Waals surface area contributed by atoms with E-state index < -0.39 is 6.10 Å². The fourth-order valence-electron chi connectivity index (χ4n) is 4.62. The first-order valence-electron chi connectivity index (χ1n) is 12.0. The van der Waals surface area contributed by atoms with Crippen molar-refractivity contribution in [1.29, 1.82) is 0 Å². The second-order valence-electron chi connectivity index (χ2n) is 8.99. The van der Waals surface area contributed by atoms with Crippen LogP contribution >= 0.6 is 11.3 Å². The molecule has 6 heteroatoms. The van der Waals surface area contributed by atoms with Gasteiger partial charge in [0.05, 0.1) is 18.7 Å². The number of aliphatic hydroxyl groups is 1. The van der Waals surface area contributed by atoms with Gasteiger partial charge in [-0.25, -0.2) is 0 Å². The standard InChI is InChI=1S/C28H34N2O3S/c1-4-29(17-25(31)22-8-6-5-7-9-22)18-28(32)30-14-12-27-23(13-15-34-27)24(30)19-33-26-11-10-20(2)16-21(26)3/h5-11,13,15-16,24-25,31H,4,12,14,17-19H2,1-3H3. The van der Waals surface area contributed by atoms with Crippen molar-refractivity contribution in [2.24, 2.45) is 0 Å². The van der Waals surface area contributed by atoms with Crippen molar-refractivity contribution in [3.8, 4) is 5.75 Å². The lowest BCUT2D eigenvalue weighted by molar-refractivity contribution is -0.136. The van der Waals surface area contributed by atoms with Crippen LogP contribution in [0.2, 0.25) is 0 Å². The first-order valence-corrected chi connectivity index (χ1v) is 12.9. The summed E-state index contributed by atoms with van der Waals surface area (Å²) in [5.41, 5.74) is 4.37. The molecule has 2 heterocycles. The Morgan fingerprint density at radius 2 is 2.00 bits per heavy atom. The number of ether oxygens (including phenoxy) is 1. The predicted molar refractivity (Wildman–Crippen MR) is 137 cm³/mol. The number of rotatable bonds is 9. The van der Waals surface area contributed by atoms with E-state index in [0.717, 1.165) is 23.3 Å². The zero-order chi connectivity index (χ0) is 24.1. The molecule has 0 spiro atoms. The van der Waals surface area contributed by atoms with Crippen LogP contribution in [-0.2, 0) is 11.2 Å². The monoisotopic (exact) mass is 478 g/mol. The molecular formula is C28H34N2O3S. The van der Waals surface area contributed by atoms with E-state index in [9.17, 15) is 9.90 Å². The fourth-order valence-corrected chi connectivity index (χ4v) is 5.55. The number of fused-ring (bicyclic) bond motifs is 1. The van der Waals surface area contributed by atoms with Crippen molar-refractivity contribution >= 4 is 17.2 Å². The van der Waals surface area contributed by atoms with E-state index >= 15 is 0 Å². The number of carbonyl (C=O) groups excluding carboxylic acids is 1. The Hall–Kier alpha value is -2.67. The maximum atomic E-state index is 13.5. The SMILES string of the molecule is CCN(CC(=O)N1CCc2sccc2C1COc1ccc(C)cc1C)CC(O)c1ccccc1. The molecule has 1 aliphatic heterocycles. The molecule has 34 heavy (non-hydrogen) atoms. The predicted octanol–water partition coefficient (Wildman–Crippen LogP) is 4.93. The molecule has 1 aromatic heterocycles. The molecule has 0 saturated heterocycles. The maximum Gasteiger partial charge on any atom is 0.237 e. The molecule has 3 aromatic rings. The molecule has 0 fully saturated rings. The van der Waals surface area contributed by atoms with Gasteiger partial charge in [0.2, 0.25) is 5.91 Å². The lowest BCUT2D eigenvalue weighted by atomic mass is 10.00. The first kappa shape index (κ1) is 24.5. The van der Waals surface area contributed by atoms with E-state index in [4.69, 9.17) is 4.74 Å². The van der Waals surface area contributed by atoms with Crippen LogP contribution in [0.5, 0.6) is 5.75 Å². The van der Waals surface area contributed by atoms with E-state index in [-0.39, 0.29) is 18.5 Å². The van der Waals surface area contributed by atoms with Crippen molar-refractivity contribution < 1.29 is 14.6 Å². The zero-order valence-electron chi connectivity index (χ0n) is 20.2. The van der Waals surface area contributed by atoms with Crippen LogP contribution < -0.4 is 4.74 Å². The Balaban J connectivity index is 1.46. The van der Waals surface area contributed by atoms with Gasteiger partial charge >= 0.3 is 0 Å². The Morgan fingerprint density at radius 3 is 2.74 bits per heavy atom. The summed E-state index contributed by atoms with van der Waals surface area (Å²) in [6, 6.07) is 17.8. The number of aryl methyl sites for hydroxylation is 2. The van der Waals surface area contributed by atoms with Crippen molar-refractivity contribution in [2.45, 2.75) is 39.3 Å². The number of benzene rings is 2. The second kappa shape index (κ2) is 11.2. The molecule has 1 N–H and O–H groups in total. The molecule has 1 aliphatic rings. The zero-order valence-corrected chi connectivity index (χ0v) is 21.1. The van der Waals surface area contributed by atoms with E-state index in [1.165, 1.54) is 16.0 Å². The molecule has 0 radical (unpaired) electrons. The van der Waals surface area contributed by atoms with Crippen molar-refractivity contribution in [2.75, 3.05) is 32.8 Å². The lowest BCUT2D eigenvalue weighted by Crippen LogP contribution is -2.47. The number of aliphatic hydroxyl groups excluding tert-OH is 1. The van der Waals surface area contributed by atoms with E-state index in [1.807, 2.05) is 53.1 Å². The molecule has 5 nitrogen and oxygen atoms in total. The number of carbonyl (C=O) groups is 1. The van der Waals surface area contributed by atoms with E-state index in [0.29, 0.717) is 26.2 Å². The fraction of sp³-hybridized carbons (Fsp3) is 0.393. The summed E-state index contributed by atoms with van der Waals surface area (Å²) >= 11 is 1.76. The van der Waals surface area contributed by atoms with Crippen molar-refractivity contribution in [3.05, 3.63) is 87.1 Å². The minimum Gasteiger partial charge on any atom is -0.491 e. The third kappa shape index (κ3) is 5.69. The average Bonchev–Trinajstić information content (AvgIpc) is 3.32. The van der Waals surface area contributed by atoms with Crippen molar-refractivity contribution in [3.63, 3.8) is 0 Å². The third-order valence-electron chi connectivity index (χ3n) is 6.56. The number of likely N-dealkylation sites (N-methyl/N-ethyl adjacent to an activating group) is 1. The normalized spacial score (nSPS) is 16.4. The smallest absolute Gasteiger partial charge is 0.237 e. The second-order valence-corrected chi connectivity index (χ2v) is 9.99. The molecule has 0 bridgehead atoms. The maximum absolute atomic E-state index is 13.5. The summed E-state index contributed by atoms with van der Waals surface area (Å²) in [5.74, 6) is 0.940. The summed E-state index contributed by atoms with van der Waals surface area (Å²) in [6.45, 7) is 8.66. The van der Waals surface area contributed by atoms with Crippen LogP contribution in [0, 0.1) is 13.8 Å². The van der Waals surface area contributed by atoms with Gasteiger partial charge in [-0.2, -0.15) is 0 Å². The highest BCUT2D eigenvalue weighted by Gasteiger charge is 2.33. The molecule has 2 atom stereocenters. The Kier molecular flexibility index (Phi) is 8.03. The van der Waals surface area contributed by atoms with Gasteiger partial charge in [-0.05, 0) is 61.0 Å². The number of hydrogen-bond acceptors (Lipinski definition) is 5. The average molecular weight is 479 g/mol. The van der Waals surface area contributed by atoms with Crippen LogP contribution in [0.3, 0.4) is 0 Å². The lowest BCUT2D eigenvalue weighted by Gasteiger charge is -2.37. The largest absolute Gasteiger partial charge is 0.491 e. The number of nitrogens with zero attached hydrogens (tertiary/aromatic N) is 2. The molecule has 180 valence electrons. The van der Waals surface area contributed by atoms with Crippen LogP contribution in [0.4, 0.5) is 0 Å². The van der Waals surface area contributed by atoms with E-state index in [2.05, 4.69) is 37.4 Å². The Morgan fingerprint density at radius 1 is 1.21 bits per heavy atom. The summed E-state index contributed by atoms with van der Waals surface area (Å²) in [6.07, 6.45) is 0.250. The summed E-state index contributed by atoms with van der Waals surface area (Å²) in [4.78, 5) is 18.8. The molecule has 0 saturated carbocycles. The van der Waals surface area contributed by atoms with E-state index in [1.54, 1.807) is 11.3 Å². The topological polar surface area (TPSA) is 53.0 Å². The van der Waals surface area contributed by atoms with Crippen LogP contribution in [0.15, 0.2) is 60.0 Å². The Labute approximate surface area is 206 Å². The first-order chi connectivity index (χ1) is 16.5. The third-order valence-corrected chi connectivity index (χ3v) is 7.56.